The van der Waals surface area contributed by atoms with Gasteiger partial charge >= 0.3 is 0 Å². The summed E-state index contributed by atoms with van der Waals surface area (Å²) < 4.78 is 5.82. The molecule has 6 atom stereocenters. The van der Waals surface area contributed by atoms with Gasteiger partial charge in [-0.1, -0.05) is 30.3 Å². The fourth-order valence-electron chi connectivity index (χ4n) is 3.71. The molecule has 150 valence electrons. The van der Waals surface area contributed by atoms with Crippen LogP contribution in [0.4, 0.5) is 0 Å². The second-order valence-electron chi connectivity index (χ2n) is 6.95. The van der Waals surface area contributed by atoms with Crippen molar-refractivity contribution in [2.45, 2.75) is 42.1 Å². The minimum Gasteiger partial charge on any atom is -0.394 e. The van der Waals surface area contributed by atoms with Gasteiger partial charge in [0.15, 0.2) is 12.1 Å². The van der Waals surface area contributed by atoms with E-state index in [0.29, 0.717) is 11.5 Å². The van der Waals surface area contributed by atoms with Gasteiger partial charge in [0.2, 0.25) is 5.72 Å². The maximum absolute atomic E-state index is 11.3. The van der Waals surface area contributed by atoms with Gasteiger partial charge in [0.25, 0.3) is 0 Å². The highest BCUT2D eigenvalue weighted by Gasteiger charge is 2.53. The molecule has 0 bridgehead atoms. The Hall–Kier alpha value is -1.82. The molecule has 1 saturated heterocycles. The van der Waals surface area contributed by atoms with Crippen LogP contribution < -0.4 is 5.32 Å². The average molecular weight is 405 g/mol. The fraction of sp³-hybridized carbons (Fsp3) is 0.500. The summed E-state index contributed by atoms with van der Waals surface area (Å²) in [5, 5.41) is 33.5. The third-order valence-corrected chi connectivity index (χ3v) is 5.71. The molecule has 3 aliphatic rings. The molecule has 0 saturated carbocycles. The Bertz CT molecular complexity index is 819. The first-order chi connectivity index (χ1) is 13.5. The Morgan fingerprint density at radius 2 is 2.07 bits per heavy atom. The zero-order chi connectivity index (χ0) is 19.9. The van der Waals surface area contributed by atoms with E-state index in [4.69, 9.17) is 4.74 Å². The van der Waals surface area contributed by atoms with Crippen LogP contribution in [-0.4, -0.2) is 87.5 Å². The van der Waals surface area contributed by atoms with E-state index < -0.39 is 35.7 Å². The molecule has 0 aromatic heterocycles. The number of benzene rings is 1. The Morgan fingerprint density at radius 3 is 2.71 bits per heavy atom. The van der Waals surface area contributed by atoms with E-state index in [1.807, 2.05) is 30.3 Å². The number of nitrogens with zero attached hydrogens (tertiary/aromatic N) is 4. The van der Waals surface area contributed by atoms with Crippen molar-refractivity contribution in [1.29, 1.82) is 0 Å². The van der Waals surface area contributed by atoms with Gasteiger partial charge in [0.1, 0.15) is 24.4 Å². The first kappa shape index (κ1) is 19.5. The van der Waals surface area contributed by atoms with Crippen LogP contribution in [-0.2, 0) is 11.2 Å². The monoisotopic (exact) mass is 405 g/mol. The van der Waals surface area contributed by atoms with Crippen molar-refractivity contribution >= 4 is 30.5 Å². The predicted molar refractivity (Wildman–Crippen MR) is 108 cm³/mol. The summed E-state index contributed by atoms with van der Waals surface area (Å²) in [6.07, 6.45) is -1.42. The number of amidine groups is 1. The molecule has 1 aromatic carbocycles. The molecule has 1 aromatic rings. The molecule has 0 radical (unpaired) electrons. The molecular formula is C18H23N5O4S. The van der Waals surface area contributed by atoms with E-state index in [-0.39, 0.29) is 13.0 Å². The lowest BCUT2D eigenvalue weighted by Crippen LogP contribution is -2.55. The summed E-state index contributed by atoms with van der Waals surface area (Å²) >= 11 is 4.47. The smallest absolute Gasteiger partial charge is 0.208 e. The van der Waals surface area contributed by atoms with E-state index in [9.17, 15) is 15.3 Å². The van der Waals surface area contributed by atoms with Crippen LogP contribution in [0.15, 0.2) is 45.3 Å². The predicted octanol–water partition coefficient (Wildman–Crippen LogP) is -1.01. The Balaban J connectivity index is 1.65. The zero-order valence-electron chi connectivity index (χ0n) is 15.3. The minimum atomic E-state index is -1.57. The summed E-state index contributed by atoms with van der Waals surface area (Å²) in [5.74, 6) is 0.405. The van der Waals surface area contributed by atoms with E-state index in [1.165, 1.54) is 6.34 Å². The van der Waals surface area contributed by atoms with E-state index in [2.05, 4.69) is 32.9 Å². The molecular weight excluding hydrogens is 382 g/mol. The minimum absolute atomic E-state index is 0.240. The standard InChI is InChI=1S/C18H23N5O4S/c1-19-17-22-14-15(23(17)16-13(28)12(25)11(8-24)27-16)20-9-21-18(14,26)7-10-5-3-2-4-6-10/h2-6,9,11-13,16-17,19,24-26,28H,7-8H2,1H3/t11-,12-,13-,16-,17?,18?/m1/s1. The average Bonchev–Trinajstić information content (AvgIpc) is 3.21. The summed E-state index contributed by atoms with van der Waals surface area (Å²) in [4.78, 5) is 14.8. The number of aliphatic hydroxyl groups is 3. The van der Waals surface area contributed by atoms with Crippen molar-refractivity contribution in [2.24, 2.45) is 15.0 Å². The van der Waals surface area contributed by atoms with Crippen LogP contribution in [0.2, 0.25) is 0 Å². The van der Waals surface area contributed by atoms with Gasteiger partial charge in [-0.25, -0.2) is 15.0 Å². The Morgan fingerprint density at radius 1 is 1.32 bits per heavy atom. The third-order valence-electron chi connectivity index (χ3n) is 5.14. The molecule has 28 heavy (non-hydrogen) atoms. The molecule has 2 unspecified atom stereocenters. The van der Waals surface area contributed by atoms with Gasteiger partial charge < -0.3 is 20.1 Å². The van der Waals surface area contributed by atoms with Gasteiger partial charge in [-0.15, -0.1) is 0 Å². The molecule has 4 rings (SSSR count). The van der Waals surface area contributed by atoms with Crippen molar-refractivity contribution in [3.05, 3.63) is 35.9 Å². The second kappa shape index (κ2) is 7.54. The highest BCUT2D eigenvalue weighted by molar-refractivity contribution is 7.81. The first-order valence-corrected chi connectivity index (χ1v) is 9.54. The molecule has 1 fully saturated rings. The number of ether oxygens (including phenoxy) is 1. The third kappa shape index (κ3) is 3.15. The highest BCUT2D eigenvalue weighted by atomic mass is 32.1. The lowest BCUT2D eigenvalue weighted by atomic mass is 9.97. The van der Waals surface area contributed by atoms with Crippen LogP contribution in [0.25, 0.3) is 0 Å². The molecule has 0 spiro atoms. The molecule has 0 aliphatic carbocycles. The van der Waals surface area contributed by atoms with Crippen LogP contribution >= 0.6 is 12.6 Å². The van der Waals surface area contributed by atoms with Crippen LogP contribution in [0.1, 0.15) is 5.56 Å². The quantitative estimate of drug-likeness (QED) is 0.401. The number of nitrogens with one attached hydrogen (secondary N) is 1. The number of aliphatic imine (C=N–C) groups is 3. The normalized spacial score (nSPS) is 37.0. The number of rotatable bonds is 5. The topological polar surface area (TPSA) is 122 Å². The van der Waals surface area contributed by atoms with Gasteiger partial charge in [0, 0.05) is 6.42 Å². The lowest BCUT2D eigenvalue weighted by Gasteiger charge is -2.34. The number of hydrogen-bond donors (Lipinski definition) is 5. The van der Waals surface area contributed by atoms with Gasteiger partial charge in [-0.3, -0.25) is 10.2 Å². The van der Waals surface area contributed by atoms with E-state index >= 15 is 0 Å². The van der Waals surface area contributed by atoms with Crippen LogP contribution in [0, 0.1) is 0 Å². The number of thiol groups is 1. The summed E-state index contributed by atoms with van der Waals surface area (Å²) in [5.41, 5.74) is -0.336. The van der Waals surface area contributed by atoms with Crippen molar-refractivity contribution in [3.63, 3.8) is 0 Å². The molecule has 10 heteroatoms. The molecule has 9 nitrogen and oxygen atoms in total. The van der Waals surface area contributed by atoms with Crippen LogP contribution in [0.3, 0.4) is 0 Å². The number of fused-ring (bicyclic) bond motifs is 1. The maximum atomic E-state index is 11.3. The van der Waals surface area contributed by atoms with Gasteiger partial charge in [-0.05, 0) is 12.6 Å². The lowest BCUT2D eigenvalue weighted by molar-refractivity contribution is -0.0662. The first-order valence-electron chi connectivity index (χ1n) is 9.03. The fourth-order valence-corrected chi connectivity index (χ4v) is 4.12. The van der Waals surface area contributed by atoms with Crippen LogP contribution in [0.5, 0.6) is 0 Å². The highest BCUT2D eigenvalue weighted by Crippen LogP contribution is 2.34. The SMILES string of the molecule is CNC1N=C2C(=NC=NC2(O)Cc2ccccc2)N1[C@@H]1O[C@H](CO)[C@@H](O)[C@H]1S. The molecule has 3 heterocycles. The molecule has 0 amide bonds. The van der Waals surface area contributed by atoms with Crippen molar-refractivity contribution in [1.82, 2.24) is 10.2 Å². The van der Waals surface area contributed by atoms with Gasteiger partial charge in [0.05, 0.1) is 18.0 Å². The van der Waals surface area contributed by atoms with E-state index in [1.54, 1.807) is 11.9 Å². The largest absolute Gasteiger partial charge is 0.394 e. The Labute approximate surface area is 167 Å². The molecule has 4 N–H and O–H groups in total. The number of hydrogen-bond acceptors (Lipinski definition) is 10. The maximum Gasteiger partial charge on any atom is 0.208 e. The van der Waals surface area contributed by atoms with Crippen molar-refractivity contribution in [2.75, 3.05) is 13.7 Å². The summed E-state index contributed by atoms with van der Waals surface area (Å²) in [6, 6.07) is 9.52. The number of aliphatic hydroxyl groups excluding tert-OH is 2. The molecule has 3 aliphatic heterocycles. The van der Waals surface area contributed by atoms with Crippen molar-refractivity contribution < 1.29 is 20.1 Å². The summed E-state index contributed by atoms with van der Waals surface area (Å²) in [7, 11) is 1.72. The zero-order valence-corrected chi connectivity index (χ0v) is 16.1. The van der Waals surface area contributed by atoms with Crippen molar-refractivity contribution in [3.8, 4) is 0 Å². The second-order valence-corrected chi connectivity index (χ2v) is 7.55. The summed E-state index contributed by atoms with van der Waals surface area (Å²) in [6.45, 7) is -0.327. The van der Waals surface area contributed by atoms with E-state index in [0.717, 1.165) is 5.56 Å². The Kier molecular flexibility index (Phi) is 5.25. The van der Waals surface area contributed by atoms with Gasteiger partial charge in [-0.2, -0.15) is 12.6 Å².